The molecule has 0 aliphatic carbocycles. The van der Waals surface area contributed by atoms with E-state index in [0.717, 1.165) is 5.56 Å². The van der Waals surface area contributed by atoms with Crippen LogP contribution in [0.25, 0.3) is 0 Å². The van der Waals surface area contributed by atoms with Crippen LogP contribution in [-0.2, 0) is 20.8 Å². The van der Waals surface area contributed by atoms with Crippen molar-refractivity contribution in [3.05, 3.63) is 70.8 Å². The van der Waals surface area contributed by atoms with Crippen molar-refractivity contribution in [3.8, 4) is 0 Å². The zero-order valence-corrected chi connectivity index (χ0v) is 23.7. The second kappa shape index (κ2) is 14.9. The Morgan fingerprint density at radius 1 is 1.02 bits per heavy atom. The van der Waals surface area contributed by atoms with Gasteiger partial charge < -0.3 is 25.7 Å². The van der Waals surface area contributed by atoms with Crippen LogP contribution in [0.4, 0.5) is 17.6 Å². The molecule has 0 unspecified atom stereocenters. The van der Waals surface area contributed by atoms with Crippen LogP contribution in [0.1, 0.15) is 60.5 Å². The van der Waals surface area contributed by atoms with E-state index in [1.807, 2.05) is 26.0 Å². The van der Waals surface area contributed by atoms with E-state index in [1.54, 1.807) is 18.2 Å². The summed E-state index contributed by atoms with van der Waals surface area (Å²) >= 11 is 0. The number of nitrogens with zero attached hydrogens (tertiary/aromatic N) is 1. The van der Waals surface area contributed by atoms with Crippen molar-refractivity contribution in [1.29, 1.82) is 0 Å². The first-order valence-electron chi connectivity index (χ1n) is 13.9. The van der Waals surface area contributed by atoms with Crippen molar-refractivity contribution in [3.63, 3.8) is 0 Å². The van der Waals surface area contributed by atoms with E-state index in [4.69, 9.17) is 5.11 Å². The minimum absolute atomic E-state index is 0.0186. The number of hydrogen-bond donors (Lipinski definition) is 4. The Kier molecular flexibility index (Phi) is 11.6. The van der Waals surface area contributed by atoms with E-state index in [9.17, 15) is 41.8 Å². The largest absolute Gasteiger partial charge is 0.478 e. The Bertz CT molecular complexity index is 1290. The van der Waals surface area contributed by atoms with Crippen LogP contribution in [0.3, 0.4) is 0 Å². The Hall–Kier alpha value is -4.00. The van der Waals surface area contributed by atoms with Crippen LogP contribution in [0.15, 0.2) is 42.5 Å². The summed E-state index contributed by atoms with van der Waals surface area (Å²) in [6.45, 7) is 3.33. The Morgan fingerprint density at radius 2 is 1.65 bits per heavy atom. The molecule has 0 radical (unpaired) electrons. The number of carboxylic acids is 1. The number of halogens is 4. The minimum atomic E-state index is -3.00. The first-order chi connectivity index (χ1) is 20.3. The van der Waals surface area contributed by atoms with Crippen molar-refractivity contribution in [1.82, 2.24) is 15.5 Å². The standard InChI is InChI=1S/C30H35F4N3O6/c1-16(2)10-25(38)29(41)37-15-19(17-6-4-3-5-7-17)13-24(37)28(40)36-23(14-26(33)34)27(39)35-9-8-20-21(31)11-18(30(42)43)12-22(20)32/h3-7,11-12,16,19,23-26,38H,8-10,13-15H2,1-2H3,(H,35,39)(H,36,40)(H,42,43)/t19-,23+,24+,25+/m1/s1. The van der Waals surface area contributed by atoms with Gasteiger partial charge in [-0.3, -0.25) is 14.4 Å². The van der Waals surface area contributed by atoms with Crippen LogP contribution < -0.4 is 10.6 Å². The molecule has 4 atom stereocenters. The number of nitrogens with one attached hydrogen (secondary N) is 2. The molecule has 1 aliphatic rings. The average Bonchev–Trinajstić information content (AvgIpc) is 3.39. The topological polar surface area (TPSA) is 136 Å². The Balaban J connectivity index is 1.73. The number of aliphatic hydroxyl groups is 1. The molecule has 0 bridgehead atoms. The molecule has 0 aromatic heterocycles. The van der Waals surface area contributed by atoms with Crippen LogP contribution in [0, 0.1) is 17.6 Å². The zero-order chi connectivity index (χ0) is 31.8. The SMILES string of the molecule is CC(C)C[C@H](O)C(=O)N1C[C@H](c2ccccc2)C[C@H]1C(=O)N[C@@H](CC(F)F)C(=O)NCCc1c(F)cc(C(=O)O)cc1F. The fourth-order valence-electron chi connectivity index (χ4n) is 5.11. The maximum atomic E-state index is 14.2. The Morgan fingerprint density at radius 3 is 2.21 bits per heavy atom. The van der Waals surface area contributed by atoms with E-state index in [0.29, 0.717) is 12.1 Å². The highest BCUT2D eigenvalue weighted by atomic mass is 19.3. The summed E-state index contributed by atoms with van der Waals surface area (Å²) in [5.41, 5.74) is -0.272. The van der Waals surface area contributed by atoms with Gasteiger partial charge >= 0.3 is 5.97 Å². The van der Waals surface area contributed by atoms with E-state index in [-0.39, 0.29) is 31.2 Å². The molecule has 3 amide bonds. The minimum Gasteiger partial charge on any atom is -0.478 e. The molecule has 234 valence electrons. The van der Waals surface area contributed by atoms with Gasteiger partial charge in [0.2, 0.25) is 18.2 Å². The van der Waals surface area contributed by atoms with Gasteiger partial charge in [-0.2, -0.15) is 0 Å². The lowest BCUT2D eigenvalue weighted by atomic mass is 9.96. The highest BCUT2D eigenvalue weighted by Gasteiger charge is 2.43. The summed E-state index contributed by atoms with van der Waals surface area (Å²) in [6.07, 6.45) is -5.58. The fraction of sp³-hybridized carbons (Fsp3) is 0.467. The number of carbonyl (C=O) groups is 4. The maximum Gasteiger partial charge on any atom is 0.335 e. The van der Waals surface area contributed by atoms with E-state index in [2.05, 4.69) is 10.6 Å². The number of carboxylic acid groups (broad SMARTS) is 1. The molecule has 0 saturated carbocycles. The summed E-state index contributed by atoms with van der Waals surface area (Å²) in [5.74, 6) is -6.71. The van der Waals surface area contributed by atoms with Gasteiger partial charge in [-0.05, 0) is 42.9 Å². The number of benzene rings is 2. The number of amides is 3. The van der Waals surface area contributed by atoms with Crippen LogP contribution in [-0.4, -0.2) is 76.5 Å². The molecule has 2 aromatic rings. The molecule has 1 heterocycles. The number of aromatic carboxylic acids is 1. The lowest BCUT2D eigenvalue weighted by molar-refractivity contribution is -0.146. The molecule has 1 aliphatic heterocycles. The molecule has 3 rings (SSSR count). The number of alkyl halides is 2. The molecule has 1 fully saturated rings. The normalized spacial score (nSPS) is 18.0. The van der Waals surface area contributed by atoms with Crippen LogP contribution >= 0.6 is 0 Å². The monoisotopic (exact) mass is 609 g/mol. The summed E-state index contributed by atoms with van der Waals surface area (Å²) in [6, 6.07) is 7.41. The van der Waals surface area contributed by atoms with Gasteiger partial charge in [-0.15, -0.1) is 0 Å². The van der Waals surface area contributed by atoms with Gasteiger partial charge in [0.25, 0.3) is 5.91 Å². The highest BCUT2D eigenvalue weighted by molar-refractivity contribution is 5.93. The number of aliphatic hydroxyl groups excluding tert-OH is 1. The molecule has 4 N–H and O–H groups in total. The zero-order valence-electron chi connectivity index (χ0n) is 23.7. The third-order valence-corrected chi connectivity index (χ3v) is 7.25. The molecular weight excluding hydrogens is 574 g/mol. The molecule has 0 spiro atoms. The third kappa shape index (κ3) is 8.99. The van der Waals surface area contributed by atoms with Gasteiger partial charge in [-0.1, -0.05) is 44.2 Å². The molecule has 1 saturated heterocycles. The van der Waals surface area contributed by atoms with Crippen molar-refractivity contribution in [2.45, 2.75) is 70.1 Å². The van der Waals surface area contributed by atoms with Gasteiger partial charge in [0, 0.05) is 31.0 Å². The fourth-order valence-corrected chi connectivity index (χ4v) is 5.11. The third-order valence-electron chi connectivity index (χ3n) is 7.25. The van der Waals surface area contributed by atoms with Crippen LogP contribution in [0.2, 0.25) is 0 Å². The van der Waals surface area contributed by atoms with Crippen molar-refractivity contribution >= 4 is 23.7 Å². The van der Waals surface area contributed by atoms with E-state index < -0.39 is 90.5 Å². The first-order valence-corrected chi connectivity index (χ1v) is 13.9. The number of likely N-dealkylation sites (tertiary alicyclic amines) is 1. The first kappa shape index (κ1) is 33.5. The van der Waals surface area contributed by atoms with Gasteiger partial charge in [0.15, 0.2) is 0 Å². The number of hydrogen-bond acceptors (Lipinski definition) is 5. The molecule has 43 heavy (non-hydrogen) atoms. The van der Waals surface area contributed by atoms with Crippen molar-refractivity contribution < 1.29 is 47.0 Å². The molecule has 13 heteroatoms. The summed E-state index contributed by atoms with van der Waals surface area (Å²) in [7, 11) is 0. The quantitative estimate of drug-likeness (QED) is 0.258. The molecule has 2 aromatic carbocycles. The predicted molar refractivity (Wildman–Crippen MR) is 147 cm³/mol. The number of carbonyl (C=O) groups excluding carboxylic acids is 3. The highest BCUT2D eigenvalue weighted by Crippen LogP contribution is 2.33. The lowest BCUT2D eigenvalue weighted by Gasteiger charge is -2.28. The Labute approximate surface area is 246 Å². The molecular formula is C30H35F4N3O6. The van der Waals surface area contributed by atoms with Gasteiger partial charge in [0.05, 0.1) is 5.56 Å². The van der Waals surface area contributed by atoms with Gasteiger partial charge in [-0.25, -0.2) is 22.4 Å². The summed E-state index contributed by atoms with van der Waals surface area (Å²) < 4.78 is 55.3. The smallest absolute Gasteiger partial charge is 0.335 e. The summed E-state index contributed by atoms with van der Waals surface area (Å²) in [5, 5.41) is 24.0. The maximum absolute atomic E-state index is 14.2. The predicted octanol–water partition coefficient (Wildman–Crippen LogP) is 3.25. The van der Waals surface area contributed by atoms with Gasteiger partial charge in [0.1, 0.15) is 29.8 Å². The van der Waals surface area contributed by atoms with E-state index >= 15 is 0 Å². The second-order valence-corrected chi connectivity index (χ2v) is 10.9. The second-order valence-electron chi connectivity index (χ2n) is 10.9. The van der Waals surface area contributed by atoms with Crippen molar-refractivity contribution in [2.24, 2.45) is 5.92 Å². The van der Waals surface area contributed by atoms with Crippen LogP contribution in [0.5, 0.6) is 0 Å². The summed E-state index contributed by atoms with van der Waals surface area (Å²) in [4.78, 5) is 51.6. The van der Waals surface area contributed by atoms with E-state index in [1.165, 1.54) is 4.90 Å². The average molecular weight is 610 g/mol. The lowest BCUT2D eigenvalue weighted by Crippen LogP contribution is -2.55. The van der Waals surface area contributed by atoms with Crippen molar-refractivity contribution in [2.75, 3.05) is 13.1 Å². The number of rotatable bonds is 13. The molecule has 9 nitrogen and oxygen atoms in total.